The molecule has 0 spiro atoms. The zero-order chi connectivity index (χ0) is 15.6. The highest BCUT2D eigenvalue weighted by atomic mass is 19.1. The molecule has 1 amide bonds. The lowest BCUT2D eigenvalue weighted by atomic mass is 10.2. The van der Waals surface area contributed by atoms with Crippen LogP contribution >= 0.6 is 0 Å². The Morgan fingerprint density at radius 1 is 1.10 bits per heavy atom. The monoisotopic (exact) mass is 294 g/mol. The Kier molecular flexibility index (Phi) is 3.93. The van der Waals surface area contributed by atoms with Crippen molar-refractivity contribution in [3.05, 3.63) is 47.5 Å². The number of methoxy groups -OCH3 is 1. The molecule has 0 atom stereocenters. The van der Waals surface area contributed by atoms with Gasteiger partial charge in [-0.1, -0.05) is 0 Å². The molecular formula is C14H12F2N2O3. The maximum Gasteiger partial charge on any atom is 0.248 e. The second kappa shape index (κ2) is 5.66. The Morgan fingerprint density at radius 2 is 1.81 bits per heavy atom. The number of carbonyl (C=O) groups excluding carboxylic acids is 1. The number of rotatable bonds is 4. The Labute approximate surface area is 119 Å². The molecule has 0 saturated heterocycles. The first kappa shape index (κ1) is 14.6. The number of hydrogen-bond donors (Lipinski definition) is 2. The van der Waals surface area contributed by atoms with Gasteiger partial charge in [-0.25, -0.2) is 8.78 Å². The summed E-state index contributed by atoms with van der Waals surface area (Å²) in [7, 11) is 1.35. The summed E-state index contributed by atoms with van der Waals surface area (Å²) in [5, 5.41) is 0. The van der Waals surface area contributed by atoms with E-state index in [1.54, 1.807) is 0 Å². The molecule has 0 radical (unpaired) electrons. The van der Waals surface area contributed by atoms with Gasteiger partial charge in [0.15, 0.2) is 23.1 Å². The Morgan fingerprint density at radius 3 is 2.43 bits per heavy atom. The third-order valence-electron chi connectivity index (χ3n) is 2.72. The molecule has 110 valence electrons. The summed E-state index contributed by atoms with van der Waals surface area (Å²) in [5.74, 6) is -2.29. The van der Waals surface area contributed by atoms with Gasteiger partial charge >= 0.3 is 0 Å². The smallest absolute Gasteiger partial charge is 0.248 e. The molecule has 2 aromatic rings. The summed E-state index contributed by atoms with van der Waals surface area (Å²) in [6.07, 6.45) is 0. The number of halogens is 2. The van der Waals surface area contributed by atoms with Crippen molar-refractivity contribution < 1.29 is 23.0 Å². The molecular weight excluding hydrogens is 282 g/mol. The Balaban J connectivity index is 2.42. The van der Waals surface area contributed by atoms with Gasteiger partial charge in [0, 0.05) is 17.7 Å². The van der Waals surface area contributed by atoms with Crippen LogP contribution in [0.15, 0.2) is 30.3 Å². The molecule has 0 bridgehead atoms. The standard InChI is InChI=1S/C14H12F2N2O3/c1-20-11-4-7(14(18)19)2-3-10(11)21-12-6-8(15)5-9(16)13(12)17/h2-6H,17H2,1H3,(H2,18,19). The molecule has 0 aromatic heterocycles. The average molecular weight is 294 g/mol. The molecule has 0 aliphatic carbocycles. The van der Waals surface area contributed by atoms with Gasteiger partial charge in [0.05, 0.1) is 7.11 Å². The maximum absolute atomic E-state index is 13.4. The van der Waals surface area contributed by atoms with Crippen molar-refractivity contribution in [2.75, 3.05) is 12.8 Å². The van der Waals surface area contributed by atoms with Gasteiger partial charge in [-0.3, -0.25) is 4.79 Å². The molecule has 2 rings (SSSR count). The van der Waals surface area contributed by atoms with Crippen LogP contribution in [-0.2, 0) is 0 Å². The van der Waals surface area contributed by atoms with E-state index in [4.69, 9.17) is 20.9 Å². The molecule has 0 fully saturated rings. The van der Waals surface area contributed by atoms with E-state index in [1.165, 1.54) is 25.3 Å². The third-order valence-corrected chi connectivity index (χ3v) is 2.72. The largest absolute Gasteiger partial charge is 0.493 e. The molecule has 0 aliphatic heterocycles. The van der Waals surface area contributed by atoms with E-state index in [9.17, 15) is 13.6 Å². The van der Waals surface area contributed by atoms with Gasteiger partial charge in [-0.2, -0.15) is 0 Å². The summed E-state index contributed by atoms with van der Waals surface area (Å²) in [6, 6.07) is 5.73. The molecule has 4 N–H and O–H groups in total. The zero-order valence-corrected chi connectivity index (χ0v) is 11.0. The SMILES string of the molecule is COc1cc(C(N)=O)ccc1Oc1cc(F)cc(F)c1N. The summed E-state index contributed by atoms with van der Waals surface area (Å²) in [5.41, 5.74) is 10.5. The number of anilines is 1. The van der Waals surface area contributed by atoms with E-state index in [0.29, 0.717) is 6.07 Å². The van der Waals surface area contributed by atoms with Crippen molar-refractivity contribution in [1.82, 2.24) is 0 Å². The summed E-state index contributed by atoms with van der Waals surface area (Å²) >= 11 is 0. The minimum atomic E-state index is -0.933. The minimum absolute atomic E-state index is 0.138. The number of ether oxygens (including phenoxy) is 2. The van der Waals surface area contributed by atoms with Gasteiger partial charge in [0.2, 0.25) is 5.91 Å². The fourth-order valence-corrected chi connectivity index (χ4v) is 1.67. The molecule has 7 heteroatoms. The van der Waals surface area contributed by atoms with Crippen molar-refractivity contribution in [2.45, 2.75) is 0 Å². The average Bonchev–Trinajstić information content (AvgIpc) is 2.44. The second-order valence-electron chi connectivity index (χ2n) is 4.13. The van der Waals surface area contributed by atoms with Crippen LogP contribution < -0.4 is 20.9 Å². The van der Waals surface area contributed by atoms with Crippen LogP contribution in [0, 0.1) is 11.6 Å². The van der Waals surface area contributed by atoms with E-state index in [2.05, 4.69) is 0 Å². The number of nitrogen functional groups attached to an aromatic ring is 1. The van der Waals surface area contributed by atoms with E-state index in [-0.39, 0.29) is 28.5 Å². The second-order valence-corrected chi connectivity index (χ2v) is 4.13. The Bertz CT molecular complexity index is 705. The normalized spacial score (nSPS) is 10.2. The molecule has 0 unspecified atom stereocenters. The van der Waals surface area contributed by atoms with E-state index >= 15 is 0 Å². The summed E-state index contributed by atoms with van der Waals surface area (Å²) < 4.78 is 36.9. The van der Waals surface area contributed by atoms with Gasteiger partial charge in [0.25, 0.3) is 0 Å². The lowest BCUT2D eigenvalue weighted by molar-refractivity contribution is 0.1000. The predicted octanol–water partition coefficient (Wildman–Crippen LogP) is 2.45. The molecule has 5 nitrogen and oxygen atoms in total. The van der Waals surface area contributed by atoms with Crippen LogP contribution in [0.25, 0.3) is 0 Å². The lowest BCUT2D eigenvalue weighted by Gasteiger charge is -2.13. The fourth-order valence-electron chi connectivity index (χ4n) is 1.67. The van der Waals surface area contributed by atoms with E-state index in [1.807, 2.05) is 0 Å². The van der Waals surface area contributed by atoms with Gasteiger partial charge in [-0.15, -0.1) is 0 Å². The van der Waals surface area contributed by atoms with Crippen LogP contribution in [0.2, 0.25) is 0 Å². The third kappa shape index (κ3) is 3.02. The number of amides is 1. The number of carbonyl (C=O) groups is 1. The zero-order valence-electron chi connectivity index (χ0n) is 11.0. The first-order valence-electron chi connectivity index (χ1n) is 5.82. The highest BCUT2D eigenvalue weighted by Crippen LogP contribution is 2.36. The highest BCUT2D eigenvalue weighted by molar-refractivity contribution is 5.93. The van der Waals surface area contributed by atoms with Crippen molar-refractivity contribution in [2.24, 2.45) is 5.73 Å². The van der Waals surface area contributed by atoms with Crippen molar-refractivity contribution in [3.8, 4) is 17.2 Å². The molecule has 2 aromatic carbocycles. The van der Waals surface area contributed by atoms with Gasteiger partial charge in [0.1, 0.15) is 11.5 Å². The number of nitrogens with two attached hydrogens (primary N) is 2. The topological polar surface area (TPSA) is 87.6 Å². The fraction of sp³-hybridized carbons (Fsp3) is 0.0714. The maximum atomic E-state index is 13.4. The lowest BCUT2D eigenvalue weighted by Crippen LogP contribution is -2.11. The van der Waals surface area contributed by atoms with Crippen LogP contribution in [0.1, 0.15) is 10.4 Å². The van der Waals surface area contributed by atoms with Crippen molar-refractivity contribution in [1.29, 1.82) is 0 Å². The quantitative estimate of drug-likeness (QED) is 0.848. The predicted molar refractivity (Wildman–Crippen MR) is 72.4 cm³/mol. The van der Waals surface area contributed by atoms with E-state index in [0.717, 1.165) is 6.07 Å². The minimum Gasteiger partial charge on any atom is -0.493 e. The molecule has 21 heavy (non-hydrogen) atoms. The summed E-state index contributed by atoms with van der Waals surface area (Å²) in [4.78, 5) is 11.1. The summed E-state index contributed by atoms with van der Waals surface area (Å²) in [6.45, 7) is 0. The number of benzene rings is 2. The van der Waals surface area contributed by atoms with Gasteiger partial charge < -0.3 is 20.9 Å². The van der Waals surface area contributed by atoms with Crippen LogP contribution in [0.5, 0.6) is 17.2 Å². The van der Waals surface area contributed by atoms with Crippen LogP contribution in [-0.4, -0.2) is 13.0 Å². The number of primary amides is 1. The van der Waals surface area contributed by atoms with Crippen molar-refractivity contribution >= 4 is 11.6 Å². The van der Waals surface area contributed by atoms with E-state index < -0.39 is 17.5 Å². The van der Waals surface area contributed by atoms with Crippen LogP contribution in [0.3, 0.4) is 0 Å². The highest BCUT2D eigenvalue weighted by Gasteiger charge is 2.14. The van der Waals surface area contributed by atoms with Crippen molar-refractivity contribution in [3.63, 3.8) is 0 Å². The first-order valence-corrected chi connectivity index (χ1v) is 5.82. The Hall–Kier alpha value is -2.83. The first-order chi connectivity index (χ1) is 9.92. The van der Waals surface area contributed by atoms with Gasteiger partial charge in [-0.05, 0) is 18.2 Å². The number of hydrogen-bond acceptors (Lipinski definition) is 4. The molecule has 0 aliphatic rings. The molecule has 0 heterocycles. The molecule has 0 saturated carbocycles. The van der Waals surface area contributed by atoms with Crippen LogP contribution in [0.4, 0.5) is 14.5 Å².